The van der Waals surface area contributed by atoms with Crippen LogP contribution in [-0.4, -0.2) is 38.6 Å². The van der Waals surface area contributed by atoms with Crippen LogP contribution in [0.15, 0.2) is 42.5 Å². The van der Waals surface area contributed by atoms with Crippen LogP contribution >= 0.6 is 0 Å². The average Bonchev–Trinajstić information content (AvgIpc) is 3.45. The lowest BCUT2D eigenvalue weighted by molar-refractivity contribution is 0.0730. The van der Waals surface area contributed by atoms with Gasteiger partial charge in [-0.2, -0.15) is 0 Å². The van der Waals surface area contributed by atoms with E-state index in [9.17, 15) is 13.2 Å². The maximum absolute atomic E-state index is 13.1. The summed E-state index contributed by atoms with van der Waals surface area (Å²) in [5.41, 5.74) is 2.71. The molecule has 0 bridgehead atoms. The predicted octanol–water partition coefficient (Wildman–Crippen LogP) is 3.18. The van der Waals surface area contributed by atoms with Crippen LogP contribution in [0, 0.1) is 6.92 Å². The fourth-order valence-corrected chi connectivity index (χ4v) is 3.53. The smallest absolute Gasteiger partial charge is 0.254 e. The highest BCUT2D eigenvalue weighted by Gasteiger charge is 2.33. The lowest BCUT2D eigenvalue weighted by Crippen LogP contribution is -2.32. The van der Waals surface area contributed by atoms with E-state index in [-0.39, 0.29) is 11.9 Å². The summed E-state index contributed by atoms with van der Waals surface area (Å²) in [6.45, 7) is 2.31. The first kappa shape index (κ1) is 19.2. The summed E-state index contributed by atoms with van der Waals surface area (Å²) in [6.07, 6.45) is 3.07. The predicted molar refractivity (Wildman–Crippen MR) is 106 cm³/mol. The molecule has 2 aromatic rings. The van der Waals surface area contributed by atoms with E-state index in [1.807, 2.05) is 29.2 Å². The number of rotatable bonds is 7. The summed E-state index contributed by atoms with van der Waals surface area (Å²) >= 11 is 0. The van der Waals surface area contributed by atoms with E-state index in [0.717, 1.165) is 36.0 Å². The lowest BCUT2D eigenvalue weighted by atomic mass is 10.1. The monoisotopic (exact) mass is 388 g/mol. The van der Waals surface area contributed by atoms with Gasteiger partial charge in [0.1, 0.15) is 5.75 Å². The first-order valence-corrected chi connectivity index (χ1v) is 10.7. The van der Waals surface area contributed by atoms with Crippen molar-refractivity contribution in [3.05, 3.63) is 59.2 Å². The summed E-state index contributed by atoms with van der Waals surface area (Å²) in [4.78, 5) is 15.0. The molecule has 1 N–H and O–H groups in total. The van der Waals surface area contributed by atoms with E-state index in [2.05, 4.69) is 4.72 Å². The zero-order valence-corrected chi connectivity index (χ0v) is 16.5. The second-order valence-corrected chi connectivity index (χ2v) is 8.66. The molecule has 0 unspecified atom stereocenters. The summed E-state index contributed by atoms with van der Waals surface area (Å²) in [7, 11) is -1.79. The number of benzene rings is 2. The fourth-order valence-electron chi connectivity index (χ4n) is 2.91. The Morgan fingerprint density at radius 2 is 1.85 bits per heavy atom. The first-order chi connectivity index (χ1) is 12.8. The van der Waals surface area contributed by atoms with Gasteiger partial charge in [0.2, 0.25) is 10.0 Å². The van der Waals surface area contributed by atoms with Crippen LogP contribution < -0.4 is 9.46 Å². The molecule has 0 aromatic heterocycles. The second-order valence-electron chi connectivity index (χ2n) is 6.92. The SMILES string of the molecule is COc1ccc(CN(C(=O)c2ccc(C)c(NS(C)(=O)=O)c2)C2CC2)cc1. The number of amides is 1. The number of nitrogens with one attached hydrogen (secondary N) is 1. The zero-order valence-electron chi connectivity index (χ0n) is 15.7. The summed E-state index contributed by atoms with van der Waals surface area (Å²) in [5, 5.41) is 0. The van der Waals surface area contributed by atoms with Gasteiger partial charge in [-0.15, -0.1) is 0 Å². The lowest BCUT2D eigenvalue weighted by Gasteiger charge is -2.23. The normalized spacial score (nSPS) is 13.9. The molecule has 0 saturated heterocycles. The van der Waals surface area contributed by atoms with Gasteiger partial charge in [-0.25, -0.2) is 8.42 Å². The highest BCUT2D eigenvalue weighted by molar-refractivity contribution is 7.92. The molecule has 1 saturated carbocycles. The number of aryl methyl sites for hydroxylation is 1. The number of nitrogens with zero attached hydrogens (tertiary/aromatic N) is 1. The number of hydrogen-bond donors (Lipinski definition) is 1. The van der Waals surface area contributed by atoms with E-state index in [4.69, 9.17) is 4.74 Å². The molecule has 3 rings (SSSR count). The van der Waals surface area contributed by atoms with Crippen LogP contribution in [0.5, 0.6) is 5.75 Å². The molecule has 0 radical (unpaired) electrons. The minimum Gasteiger partial charge on any atom is -0.497 e. The van der Waals surface area contributed by atoms with Crippen molar-refractivity contribution in [1.29, 1.82) is 0 Å². The van der Waals surface area contributed by atoms with Crippen molar-refractivity contribution in [1.82, 2.24) is 4.90 Å². The number of methoxy groups -OCH3 is 1. The third kappa shape index (κ3) is 5.01. The van der Waals surface area contributed by atoms with Crippen LogP contribution in [0.4, 0.5) is 5.69 Å². The van der Waals surface area contributed by atoms with E-state index >= 15 is 0 Å². The van der Waals surface area contributed by atoms with Gasteiger partial charge >= 0.3 is 0 Å². The number of sulfonamides is 1. The molecule has 144 valence electrons. The van der Waals surface area contributed by atoms with Crippen LogP contribution in [0.25, 0.3) is 0 Å². The molecule has 0 heterocycles. The minimum atomic E-state index is -3.41. The molecule has 7 heteroatoms. The van der Waals surface area contributed by atoms with Crippen molar-refractivity contribution >= 4 is 21.6 Å². The maximum Gasteiger partial charge on any atom is 0.254 e. The van der Waals surface area contributed by atoms with Gasteiger partial charge in [0, 0.05) is 18.2 Å². The van der Waals surface area contributed by atoms with Crippen molar-refractivity contribution < 1.29 is 17.9 Å². The van der Waals surface area contributed by atoms with Gasteiger partial charge in [-0.3, -0.25) is 9.52 Å². The van der Waals surface area contributed by atoms with Gasteiger partial charge in [-0.1, -0.05) is 18.2 Å². The van der Waals surface area contributed by atoms with Crippen LogP contribution in [0.2, 0.25) is 0 Å². The highest BCUT2D eigenvalue weighted by atomic mass is 32.2. The molecule has 1 aliphatic rings. The van der Waals surface area contributed by atoms with Crippen molar-refractivity contribution in [2.24, 2.45) is 0 Å². The molecule has 1 amide bonds. The van der Waals surface area contributed by atoms with Gasteiger partial charge in [0.05, 0.1) is 19.1 Å². The van der Waals surface area contributed by atoms with Crippen molar-refractivity contribution in [3.63, 3.8) is 0 Å². The Hall–Kier alpha value is -2.54. The topological polar surface area (TPSA) is 75.7 Å². The van der Waals surface area contributed by atoms with Crippen molar-refractivity contribution in [3.8, 4) is 5.75 Å². The van der Waals surface area contributed by atoms with Gasteiger partial charge in [-0.05, 0) is 55.2 Å². The summed E-state index contributed by atoms with van der Waals surface area (Å²) in [5.74, 6) is 0.683. The molecule has 6 nitrogen and oxygen atoms in total. The van der Waals surface area contributed by atoms with Gasteiger partial charge in [0.25, 0.3) is 5.91 Å². The quantitative estimate of drug-likeness (QED) is 0.790. The first-order valence-electron chi connectivity index (χ1n) is 8.79. The average molecular weight is 388 g/mol. The van der Waals surface area contributed by atoms with Crippen molar-refractivity contribution in [2.75, 3.05) is 18.1 Å². The zero-order chi connectivity index (χ0) is 19.6. The molecule has 1 fully saturated rings. The Bertz CT molecular complexity index is 935. The summed E-state index contributed by atoms with van der Waals surface area (Å²) in [6, 6.07) is 13.0. The van der Waals surface area contributed by atoms with E-state index < -0.39 is 10.0 Å². The largest absolute Gasteiger partial charge is 0.497 e. The maximum atomic E-state index is 13.1. The van der Waals surface area contributed by atoms with E-state index in [1.54, 1.807) is 32.2 Å². The molecule has 1 aliphatic carbocycles. The van der Waals surface area contributed by atoms with Crippen LogP contribution in [-0.2, 0) is 16.6 Å². The molecule has 0 spiro atoms. The summed E-state index contributed by atoms with van der Waals surface area (Å²) < 4.78 is 30.8. The molecular formula is C20H24N2O4S. The number of hydrogen-bond acceptors (Lipinski definition) is 4. The Morgan fingerprint density at radius 3 is 2.41 bits per heavy atom. The van der Waals surface area contributed by atoms with E-state index in [1.165, 1.54) is 0 Å². The number of ether oxygens (including phenoxy) is 1. The molecule has 2 aromatic carbocycles. The third-order valence-electron chi connectivity index (χ3n) is 4.54. The van der Waals surface area contributed by atoms with Crippen LogP contribution in [0.1, 0.15) is 34.3 Å². The third-order valence-corrected chi connectivity index (χ3v) is 5.13. The molecular weight excluding hydrogens is 364 g/mol. The Morgan fingerprint density at radius 1 is 1.19 bits per heavy atom. The Kier molecular flexibility index (Phi) is 5.41. The second kappa shape index (κ2) is 7.60. The highest BCUT2D eigenvalue weighted by Crippen LogP contribution is 2.31. The molecule has 27 heavy (non-hydrogen) atoms. The van der Waals surface area contributed by atoms with Crippen LogP contribution in [0.3, 0.4) is 0 Å². The molecule has 0 atom stereocenters. The minimum absolute atomic E-state index is 0.0927. The Labute approximate surface area is 160 Å². The standard InChI is InChI=1S/C20H24N2O4S/c1-14-4-7-16(12-19(14)21-27(3,24)25)20(23)22(17-8-9-17)13-15-5-10-18(26-2)11-6-15/h4-7,10-12,17,21H,8-9,13H2,1-3H3. The van der Waals surface area contributed by atoms with E-state index in [0.29, 0.717) is 17.8 Å². The van der Waals surface area contributed by atoms with Crippen molar-refractivity contribution in [2.45, 2.75) is 32.4 Å². The number of anilines is 1. The van der Waals surface area contributed by atoms with Gasteiger partial charge in [0.15, 0.2) is 0 Å². The number of carbonyl (C=O) groups is 1. The Balaban J connectivity index is 1.83. The molecule has 0 aliphatic heterocycles. The fraction of sp³-hybridized carbons (Fsp3) is 0.350. The van der Waals surface area contributed by atoms with Gasteiger partial charge < -0.3 is 9.64 Å². The number of carbonyl (C=O) groups excluding carboxylic acids is 1.